The van der Waals surface area contributed by atoms with E-state index in [4.69, 9.17) is 5.26 Å². The quantitative estimate of drug-likeness (QED) is 0.894. The molecule has 1 N–H and O–H groups in total. The summed E-state index contributed by atoms with van der Waals surface area (Å²) in [5.74, 6) is 0.229. The van der Waals surface area contributed by atoms with Crippen LogP contribution in [0.15, 0.2) is 18.2 Å². The van der Waals surface area contributed by atoms with Crippen LogP contribution in [0.3, 0.4) is 0 Å². The summed E-state index contributed by atoms with van der Waals surface area (Å²) in [5.41, 5.74) is 1.28. The molecule has 23 heavy (non-hydrogen) atoms. The van der Waals surface area contributed by atoms with E-state index in [1.54, 1.807) is 6.07 Å². The molecule has 0 unspecified atom stereocenters. The largest absolute Gasteiger partial charge is 0.314 e. The fraction of sp³-hybridized carbons (Fsp3) is 0.588. The maximum atomic E-state index is 13.6. The van der Waals surface area contributed by atoms with Crippen LogP contribution in [0, 0.1) is 23.1 Å². The zero-order chi connectivity index (χ0) is 14.7. The summed E-state index contributed by atoms with van der Waals surface area (Å²) in [6.07, 6.45) is 5.07. The Morgan fingerprint density at radius 2 is 1.83 bits per heavy atom. The van der Waals surface area contributed by atoms with E-state index in [2.05, 4.69) is 10.2 Å². The molecule has 2 fully saturated rings. The molecule has 1 aromatic carbocycles. The van der Waals surface area contributed by atoms with Crippen LogP contribution in [0.1, 0.15) is 42.9 Å². The van der Waals surface area contributed by atoms with Gasteiger partial charge in [0.05, 0.1) is 5.56 Å². The zero-order valence-electron chi connectivity index (χ0n) is 13.1. The third-order valence-corrected chi connectivity index (χ3v) is 4.84. The Bertz CT molecular complexity index is 535. The highest BCUT2D eigenvalue weighted by atomic mass is 35.5. The topological polar surface area (TPSA) is 39.1 Å². The number of halogens is 3. The van der Waals surface area contributed by atoms with Crippen LogP contribution in [-0.2, 0) is 0 Å². The Morgan fingerprint density at radius 1 is 1.17 bits per heavy atom. The molecule has 0 radical (unpaired) electrons. The molecular weight excluding hydrogens is 336 g/mol. The standard InChI is InChI=1S/C17H22FN3.2ClH/c18-16-6-5-14(11-15(16)12-19)17(13-3-1-2-4-13)21-9-7-20-8-10-21;;/h5-6,11,13,17,20H,1-4,7-10H2;2*1H/t17-;;/m1../s1. The maximum absolute atomic E-state index is 13.6. The molecule has 0 amide bonds. The van der Waals surface area contributed by atoms with Gasteiger partial charge in [0.15, 0.2) is 0 Å². The minimum atomic E-state index is -0.410. The van der Waals surface area contributed by atoms with Gasteiger partial charge < -0.3 is 5.32 Å². The zero-order valence-corrected chi connectivity index (χ0v) is 14.8. The van der Waals surface area contributed by atoms with Gasteiger partial charge in [-0.25, -0.2) is 4.39 Å². The molecule has 0 bridgehead atoms. The summed E-state index contributed by atoms with van der Waals surface area (Å²) in [7, 11) is 0. The Labute approximate surface area is 150 Å². The molecule has 1 aliphatic carbocycles. The lowest BCUT2D eigenvalue weighted by molar-refractivity contribution is 0.125. The number of hydrogen-bond acceptors (Lipinski definition) is 3. The molecule has 0 spiro atoms. The third kappa shape index (κ3) is 4.58. The van der Waals surface area contributed by atoms with E-state index < -0.39 is 5.82 Å². The van der Waals surface area contributed by atoms with Gasteiger partial charge in [-0.05, 0) is 36.5 Å². The van der Waals surface area contributed by atoms with Crippen molar-refractivity contribution in [1.82, 2.24) is 10.2 Å². The van der Waals surface area contributed by atoms with E-state index >= 15 is 0 Å². The molecular formula is C17H24Cl2FN3. The maximum Gasteiger partial charge on any atom is 0.140 e. The highest BCUT2D eigenvalue weighted by Crippen LogP contribution is 2.40. The second kappa shape index (κ2) is 9.44. The number of hydrogen-bond donors (Lipinski definition) is 1. The van der Waals surface area contributed by atoms with Gasteiger partial charge in [0.25, 0.3) is 0 Å². The molecule has 3 rings (SSSR count). The minimum absolute atomic E-state index is 0. The lowest BCUT2D eigenvalue weighted by atomic mass is 9.89. The first-order chi connectivity index (χ1) is 10.3. The van der Waals surface area contributed by atoms with Crippen molar-refractivity contribution in [2.75, 3.05) is 26.2 Å². The average molecular weight is 360 g/mol. The van der Waals surface area contributed by atoms with Gasteiger partial charge in [-0.3, -0.25) is 4.90 Å². The molecule has 0 aromatic heterocycles. The summed E-state index contributed by atoms with van der Waals surface area (Å²) < 4.78 is 13.6. The summed E-state index contributed by atoms with van der Waals surface area (Å²) in [4.78, 5) is 2.51. The number of nitriles is 1. The number of benzene rings is 1. The molecule has 6 heteroatoms. The lowest BCUT2D eigenvalue weighted by Gasteiger charge is -2.38. The molecule has 1 atom stereocenters. The Morgan fingerprint density at radius 3 is 2.43 bits per heavy atom. The van der Waals surface area contributed by atoms with Crippen molar-refractivity contribution in [2.45, 2.75) is 31.7 Å². The molecule has 128 valence electrons. The van der Waals surface area contributed by atoms with Crippen molar-refractivity contribution in [2.24, 2.45) is 5.92 Å². The van der Waals surface area contributed by atoms with Crippen LogP contribution in [0.4, 0.5) is 4.39 Å². The van der Waals surface area contributed by atoms with E-state index in [9.17, 15) is 4.39 Å². The SMILES string of the molecule is Cl.Cl.N#Cc1cc([C@@H](C2CCCC2)N2CCNCC2)ccc1F. The predicted octanol–water partition coefficient (Wildman–Crippen LogP) is 3.68. The van der Waals surface area contributed by atoms with E-state index in [1.165, 1.54) is 31.7 Å². The van der Waals surface area contributed by atoms with Crippen molar-refractivity contribution in [3.05, 3.63) is 35.1 Å². The Hall–Kier alpha value is -0.860. The summed E-state index contributed by atoms with van der Waals surface area (Å²) in [6, 6.07) is 7.41. The van der Waals surface area contributed by atoms with Crippen LogP contribution in [0.5, 0.6) is 0 Å². The highest BCUT2D eigenvalue weighted by Gasteiger charge is 2.32. The van der Waals surface area contributed by atoms with Crippen LogP contribution >= 0.6 is 24.8 Å². The van der Waals surface area contributed by atoms with Crippen LogP contribution in [-0.4, -0.2) is 31.1 Å². The molecule has 3 nitrogen and oxygen atoms in total. The summed E-state index contributed by atoms with van der Waals surface area (Å²) >= 11 is 0. The van der Waals surface area contributed by atoms with E-state index in [0.29, 0.717) is 12.0 Å². The van der Waals surface area contributed by atoms with Crippen molar-refractivity contribution in [1.29, 1.82) is 5.26 Å². The highest BCUT2D eigenvalue weighted by molar-refractivity contribution is 5.85. The van der Waals surface area contributed by atoms with Gasteiger partial charge in [-0.2, -0.15) is 5.26 Å². The van der Waals surface area contributed by atoms with Gasteiger partial charge in [-0.15, -0.1) is 24.8 Å². The smallest absolute Gasteiger partial charge is 0.140 e. The van der Waals surface area contributed by atoms with Crippen molar-refractivity contribution >= 4 is 24.8 Å². The third-order valence-electron chi connectivity index (χ3n) is 4.84. The number of nitrogens with one attached hydrogen (secondary N) is 1. The first-order valence-electron chi connectivity index (χ1n) is 7.94. The van der Waals surface area contributed by atoms with E-state index in [0.717, 1.165) is 31.7 Å². The predicted molar refractivity (Wildman–Crippen MR) is 94.8 cm³/mol. The normalized spacial score (nSPS) is 20.2. The minimum Gasteiger partial charge on any atom is -0.314 e. The Balaban J connectivity index is 0.00000132. The molecule has 1 saturated heterocycles. The van der Waals surface area contributed by atoms with Gasteiger partial charge in [-0.1, -0.05) is 18.9 Å². The molecule has 1 aliphatic heterocycles. The second-order valence-electron chi connectivity index (χ2n) is 6.13. The van der Waals surface area contributed by atoms with Gasteiger partial charge in [0.1, 0.15) is 11.9 Å². The summed E-state index contributed by atoms with van der Waals surface area (Å²) in [5, 5.41) is 12.5. The fourth-order valence-corrected chi connectivity index (χ4v) is 3.83. The number of piperazine rings is 1. The number of nitrogens with zero attached hydrogens (tertiary/aromatic N) is 2. The average Bonchev–Trinajstić information content (AvgIpc) is 3.04. The van der Waals surface area contributed by atoms with Gasteiger partial charge in [0.2, 0.25) is 0 Å². The van der Waals surface area contributed by atoms with Crippen LogP contribution in [0.25, 0.3) is 0 Å². The van der Waals surface area contributed by atoms with Crippen LogP contribution in [0.2, 0.25) is 0 Å². The number of rotatable bonds is 3. The van der Waals surface area contributed by atoms with Crippen molar-refractivity contribution in [3.8, 4) is 6.07 Å². The Kier molecular flexibility index (Phi) is 8.28. The molecule has 1 aromatic rings. The van der Waals surface area contributed by atoms with Crippen molar-refractivity contribution in [3.63, 3.8) is 0 Å². The van der Waals surface area contributed by atoms with Crippen molar-refractivity contribution < 1.29 is 4.39 Å². The molecule has 1 heterocycles. The lowest BCUT2D eigenvalue weighted by Crippen LogP contribution is -2.46. The second-order valence-corrected chi connectivity index (χ2v) is 6.13. The molecule has 2 aliphatic rings. The molecule has 1 saturated carbocycles. The first kappa shape index (κ1) is 20.2. The van der Waals surface area contributed by atoms with Gasteiger partial charge >= 0.3 is 0 Å². The van der Waals surface area contributed by atoms with Gasteiger partial charge in [0, 0.05) is 32.2 Å². The fourth-order valence-electron chi connectivity index (χ4n) is 3.83. The van der Waals surface area contributed by atoms with E-state index in [1.807, 2.05) is 12.1 Å². The first-order valence-corrected chi connectivity index (χ1v) is 7.94. The summed E-state index contributed by atoms with van der Waals surface area (Å²) in [6.45, 7) is 4.08. The van der Waals surface area contributed by atoms with E-state index in [-0.39, 0.29) is 30.4 Å². The van der Waals surface area contributed by atoms with Crippen LogP contribution < -0.4 is 5.32 Å². The monoisotopic (exact) mass is 359 g/mol.